The molecule has 0 saturated carbocycles. The summed E-state index contributed by atoms with van der Waals surface area (Å²) in [6.45, 7) is 7.84. The zero-order valence-electron chi connectivity index (χ0n) is 11.2. The number of hydrogen-bond donors (Lipinski definition) is 1. The second kappa shape index (κ2) is 5.48. The number of aryl methyl sites for hydroxylation is 1. The number of nitrogens with one attached hydrogen (secondary N) is 1. The van der Waals surface area contributed by atoms with E-state index in [9.17, 15) is 4.39 Å². The molecule has 1 heterocycles. The first-order valence-corrected chi connectivity index (χ1v) is 6.50. The maximum absolute atomic E-state index is 13.7. The van der Waals surface area contributed by atoms with Gasteiger partial charge in [-0.3, -0.25) is 0 Å². The highest BCUT2D eigenvalue weighted by atomic mass is 19.1. The number of hydrogen-bond acceptors (Lipinski definition) is 2. The van der Waals surface area contributed by atoms with Crippen molar-refractivity contribution >= 4 is 11.0 Å². The molecule has 0 fully saturated rings. The van der Waals surface area contributed by atoms with Crippen molar-refractivity contribution in [2.75, 3.05) is 0 Å². The molecule has 0 saturated heterocycles. The fraction of sp³-hybridized carbons (Fsp3) is 0.500. The molecule has 1 aromatic carbocycles. The Morgan fingerprint density at radius 2 is 2.17 bits per heavy atom. The van der Waals surface area contributed by atoms with Gasteiger partial charge in [0, 0.05) is 12.6 Å². The summed E-state index contributed by atoms with van der Waals surface area (Å²) in [6.07, 6.45) is 1.01. The molecule has 0 aliphatic carbocycles. The lowest BCUT2D eigenvalue weighted by Gasteiger charge is -2.10. The lowest BCUT2D eigenvalue weighted by molar-refractivity contribution is 0.546. The van der Waals surface area contributed by atoms with Crippen molar-refractivity contribution in [3.8, 4) is 0 Å². The smallest absolute Gasteiger partial charge is 0.151 e. The second-order valence-electron chi connectivity index (χ2n) is 4.82. The third kappa shape index (κ3) is 2.53. The van der Waals surface area contributed by atoms with Gasteiger partial charge in [-0.2, -0.15) is 0 Å². The molecular formula is C14H20FN3. The molecule has 1 aromatic heterocycles. The van der Waals surface area contributed by atoms with E-state index in [2.05, 4.69) is 35.6 Å². The van der Waals surface area contributed by atoms with Gasteiger partial charge in [-0.25, -0.2) is 9.37 Å². The molecule has 0 amide bonds. The molecule has 4 heteroatoms. The number of rotatable bonds is 5. The van der Waals surface area contributed by atoms with Crippen molar-refractivity contribution < 1.29 is 4.39 Å². The molecule has 18 heavy (non-hydrogen) atoms. The summed E-state index contributed by atoms with van der Waals surface area (Å²) in [4.78, 5) is 4.43. The van der Waals surface area contributed by atoms with E-state index >= 15 is 0 Å². The van der Waals surface area contributed by atoms with Crippen molar-refractivity contribution in [1.82, 2.24) is 14.9 Å². The van der Waals surface area contributed by atoms with E-state index in [1.54, 1.807) is 6.07 Å². The van der Waals surface area contributed by atoms with E-state index in [0.29, 0.717) is 18.1 Å². The van der Waals surface area contributed by atoms with Crippen LogP contribution in [-0.4, -0.2) is 15.6 Å². The molecule has 0 bridgehead atoms. The zero-order valence-corrected chi connectivity index (χ0v) is 11.2. The summed E-state index contributed by atoms with van der Waals surface area (Å²) in [6, 6.07) is 5.53. The Kier molecular flexibility index (Phi) is 3.97. The van der Waals surface area contributed by atoms with E-state index in [1.165, 1.54) is 6.07 Å². The van der Waals surface area contributed by atoms with E-state index in [0.717, 1.165) is 24.3 Å². The number of benzene rings is 1. The predicted molar refractivity (Wildman–Crippen MR) is 72.0 cm³/mol. The normalized spacial score (nSPS) is 11.6. The predicted octanol–water partition coefficient (Wildman–Crippen LogP) is 3.08. The first kappa shape index (κ1) is 13.0. The van der Waals surface area contributed by atoms with E-state index in [-0.39, 0.29) is 5.82 Å². The molecule has 2 aromatic rings. The van der Waals surface area contributed by atoms with Crippen LogP contribution in [0.25, 0.3) is 11.0 Å². The molecule has 0 unspecified atom stereocenters. The molecule has 0 spiro atoms. The maximum atomic E-state index is 13.7. The molecule has 2 rings (SSSR count). The minimum Gasteiger partial charge on any atom is -0.327 e. The fourth-order valence-electron chi connectivity index (χ4n) is 2.06. The standard InChI is InChI=1S/C14H20FN3/c1-4-8-18-12-7-5-6-11(15)14(12)17-13(18)9-16-10(2)3/h5-7,10,16H,4,8-9H2,1-3H3. The molecule has 98 valence electrons. The van der Waals surface area contributed by atoms with Gasteiger partial charge in [0.25, 0.3) is 0 Å². The number of halogens is 1. The van der Waals surface area contributed by atoms with Gasteiger partial charge in [0.1, 0.15) is 11.3 Å². The van der Waals surface area contributed by atoms with Gasteiger partial charge < -0.3 is 9.88 Å². The number of para-hydroxylation sites is 1. The third-order valence-corrected chi connectivity index (χ3v) is 2.92. The topological polar surface area (TPSA) is 29.9 Å². The van der Waals surface area contributed by atoms with Gasteiger partial charge >= 0.3 is 0 Å². The first-order valence-electron chi connectivity index (χ1n) is 6.50. The van der Waals surface area contributed by atoms with Crippen LogP contribution >= 0.6 is 0 Å². The van der Waals surface area contributed by atoms with Gasteiger partial charge in [-0.1, -0.05) is 26.8 Å². The molecular weight excluding hydrogens is 229 g/mol. The Morgan fingerprint density at radius 1 is 1.39 bits per heavy atom. The number of imidazole rings is 1. The van der Waals surface area contributed by atoms with E-state index in [4.69, 9.17) is 0 Å². The summed E-state index contributed by atoms with van der Waals surface area (Å²) < 4.78 is 15.8. The lowest BCUT2D eigenvalue weighted by atomic mass is 10.3. The van der Waals surface area contributed by atoms with Gasteiger partial charge in [0.2, 0.25) is 0 Å². The van der Waals surface area contributed by atoms with Gasteiger partial charge in [-0.15, -0.1) is 0 Å². The molecule has 3 nitrogen and oxygen atoms in total. The van der Waals surface area contributed by atoms with Gasteiger partial charge in [-0.05, 0) is 18.6 Å². The molecule has 0 aliphatic rings. The van der Waals surface area contributed by atoms with Crippen LogP contribution in [0.4, 0.5) is 4.39 Å². The fourth-order valence-corrected chi connectivity index (χ4v) is 2.06. The SMILES string of the molecule is CCCn1c(CNC(C)C)nc2c(F)cccc21. The average molecular weight is 249 g/mol. The molecule has 0 atom stereocenters. The summed E-state index contributed by atoms with van der Waals surface area (Å²) in [5.74, 6) is 0.666. The van der Waals surface area contributed by atoms with Crippen molar-refractivity contribution in [1.29, 1.82) is 0 Å². The number of nitrogens with zero attached hydrogens (tertiary/aromatic N) is 2. The van der Waals surface area contributed by atoms with Crippen LogP contribution in [0.2, 0.25) is 0 Å². The van der Waals surface area contributed by atoms with Crippen LogP contribution < -0.4 is 5.32 Å². The van der Waals surface area contributed by atoms with E-state index in [1.807, 2.05) is 6.07 Å². The second-order valence-corrected chi connectivity index (χ2v) is 4.82. The molecule has 0 radical (unpaired) electrons. The minimum atomic E-state index is -0.242. The Morgan fingerprint density at radius 3 is 2.83 bits per heavy atom. The highest BCUT2D eigenvalue weighted by Gasteiger charge is 2.12. The Labute approximate surface area is 107 Å². The van der Waals surface area contributed by atoms with Crippen molar-refractivity contribution in [2.45, 2.75) is 46.3 Å². The first-order chi connectivity index (χ1) is 8.63. The Balaban J connectivity index is 2.43. The van der Waals surface area contributed by atoms with Crippen LogP contribution in [0.3, 0.4) is 0 Å². The van der Waals surface area contributed by atoms with Crippen LogP contribution in [0.15, 0.2) is 18.2 Å². The van der Waals surface area contributed by atoms with Crippen LogP contribution in [0.1, 0.15) is 33.0 Å². The van der Waals surface area contributed by atoms with Crippen LogP contribution in [0.5, 0.6) is 0 Å². The summed E-state index contributed by atoms with van der Waals surface area (Å²) in [7, 11) is 0. The number of aromatic nitrogens is 2. The largest absolute Gasteiger partial charge is 0.327 e. The van der Waals surface area contributed by atoms with Gasteiger partial charge in [0.05, 0.1) is 12.1 Å². The van der Waals surface area contributed by atoms with Crippen LogP contribution in [0, 0.1) is 5.82 Å². The summed E-state index contributed by atoms with van der Waals surface area (Å²) in [5.41, 5.74) is 1.36. The van der Waals surface area contributed by atoms with Crippen molar-refractivity contribution in [3.63, 3.8) is 0 Å². The monoisotopic (exact) mass is 249 g/mol. The summed E-state index contributed by atoms with van der Waals surface area (Å²) >= 11 is 0. The lowest BCUT2D eigenvalue weighted by Crippen LogP contribution is -2.24. The Bertz CT molecular complexity index is 531. The third-order valence-electron chi connectivity index (χ3n) is 2.92. The van der Waals surface area contributed by atoms with Crippen LogP contribution in [-0.2, 0) is 13.1 Å². The Hall–Kier alpha value is -1.42. The summed E-state index contributed by atoms with van der Waals surface area (Å²) in [5, 5.41) is 3.34. The highest BCUT2D eigenvalue weighted by molar-refractivity contribution is 5.76. The molecule has 1 N–H and O–H groups in total. The van der Waals surface area contributed by atoms with Crippen molar-refractivity contribution in [3.05, 3.63) is 29.8 Å². The number of fused-ring (bicyclic) bond motifs is 1. The zero-order chi connectivity index (χ0) is 13.1. The highest BCUT2D eigenvalue weighted by Crippen LogP contribution is 2.19. The van der Waals surface area contributed by atoms with Crippen molar-refractivity contribution in [2.24, 2.45) is 0 Å². The van der Waals surface area contributed by atoms with E-state index < -0.39 is 0 Å². The molecule has 0 aliphatic heterocycles. The van der Waals surface area contributed by atoms with Gasteiger partial charge in [0.15, 0.2) is 5.82 Å². The minimum absolute atomic E-state index is 0.242. The quantitative estimate of drug-likeness (QED) is 0.882. The average Bonchev–Trinajstić information content (AvgIpc) is 2.67. The maximum Gasteiger partial charge on any atom is 0.151 e.